The van der Waals surface area contributed by atoms with Crippen LogP contribution >= 0.6 is 31.9 Å². The van der Waals surface area contributed by atoms with Crippen molar-refractivity contribution in [3.8, 4) is 0 Å². The molecule has 4 heteroatoms. The Hall–Kier alpha value is 0.877. The van der Waals surface area contributed by atoms with Gasteiger partial charge in [0.2, 0.25) is 0 Å². The summed E-state index contributed by atoms with van der Waals surface area (Å²) < 4.78 is 5.83. The lowest BCUT2D eigenvalue weighted by Gasteiger charge is -2.13. The van der Waals surface area contributed by atoms with Crippen LogP contribution in [0.4, 0.5) is 0 Å². The Morgan fingerprint density at radius 2 is 0.966 bits per heavy atom. The van der Waals surface area contributed by atoms with Crippen molar-refractivity contribution >= 4 is 42.1 Å². The molecule has 0 saturated heterocycles. The SMILES string of the molecule is C=C(C)COCCCCCCCCCCCCCCCCCCCCC([SiH3])(Br)Br. The molecule has 0 atom stereocenters. The van der Waals surface area contributed by atoms with Crippen molar-refractivity contribution in [2.45, 2.75) is 132 Å². The van der Waals surface area contributed by atoms with Gasteiger partial charge in [0.1, 0.15) is 0 Å². The van der Waals surface area contributed by atoms with Gasteiger partial charge in [-0.3, -0.25) is 0 Å². The largest absolute Gasteiger partial charge is 0.377 e. The number of ether oxygens (including phenoxy) is 1. The van der Waals surface area contributed by atoms with Crippen molar-refractivity contribution < 1.29 is 4.74 Å². The Labute approximate surface area is 203 Å². The van der Waals surface area contributed by atoms with Crippen LogP contribution in [0.5, 0.6) is 0 Å². The maximum atomic E-state index is 5.54. The minimum Gasteiger partial charge on any atom is -0.377 e. The van der Waals surface area contributed by atoms with E-state index >= 15 is 0 Å². The first-order valence-electron chi connectivity index (χ1n) is 12.5. The zero-order chi connectivity index (χ0) is 21.6. The summed E-state index contributed by atoms with van der Waals surface area (Å²) in [7, 11) is 1.18. The molecule has 0 aliphatic rings. The molecule has 0 N–H and O–H groups in total. The molecule has 0 spiro atoms. The Bertz CT molecular complexity index is 355. The molecule has 0 aromatic rings. The van der Waals surface area contributed by atoms with E-state index in [9.17, 15) is 0 Å². The predicted molar refractivity (Wildman–Crippen MR) is 144 cm³/mol. The topological polar surface area (TPSA) is 9.23 Å². The molecule has 0 amide bonds. The average molecular weight is 555 g/mol. The fraction of sp³-hybridized carbons (Fsp3) is 0.920. The number of unbranched alkanes of at least 4 members (excludes halogenated alkanes) is 17. The molecule has 0 heterocycles. The molecule has 0 bridgehead atoms. The first-order chi connectivity index (χ1) is 13.9. The van der Waals surface area contributed by atoms with Gasteiger partial charge in [0.25, 0.3) is 0 Å². The fourth-order valence-corrected chi connectivity index (χ4v) is 4.63. The summed E-state index contributed by atoms with van der Waals surface area (Å²) in [5.74, 6) is 0. The van der Waals surface area contributed by atoms with E-state index in [1.807, 2.05) is 6.92 Å². The van der Waals surface area contributed by atoms with Gasteiger partial charge in [-0.2, -0.15) is 0 Å². The molecule has 0 unspecified atom stereocenters. The van der Waals surface area contributed by atoms with Crippen LogP contribution in [0.1, 0.15) is 129 Å². The van der Waals surface area contributed by atoms with Crippen molar-refractivity contribution in [1.82, 2.24) is 0 Å². The summed E-state index contributed by atoms with van der Waals surface area (Å²) in [6.45, 7) is 7.52. The van der Waals surface area contributed by atoms with E-state index in [-0.39, 0.29) is 0 Å². The van der Waals surface area contributed by atoms with Crippen molar-refractivity contribution in [3.05, 3.63) is 12.2 Å². The normalized spacial score (nSPS) is 12.0. The lowest BCUT2D eigenvalue weighted by atomic mass is 10.0. The van der Waals surface area contributed by atoms with Crippen LogP contribution in [0.3, 0.4) is 0 Å². The van der Waals surface area contributed by atoms with Crippen molar-refractivity contribution in [1.29, 1.82) is 0 Å². The highest BCUT2D eigenvalue weighted by atomic mass is 79.9. The third-order valence-corrected chi connectivity index (χ3v) is 6.80. The second kappa shape index (κ2) is 22.1. The van der Waals surface area contributed by atoms with Gasteiger partial charge < -0.3 is 4.74 Å². The molecule has 0 rings (SSSR count). The van der Waals surface area contributed by atoms with Crippen molar-refractivity contribution in [3.63, 3.8) is 0 Å². The first-order valence-corrected chi connectivity index (χ1v) is 15.1. The predicted octanol–water partition coefficient (Wildman–Crippen LogP) is 8.80. The molecular formula is C25H50Br2OSi. The monoisotopic (exact) mass is 552 g/mol. The molecule has 0 radical (unpaired) electrons. The van der Waals surface area contributed by atoms with Crippen LogP contribution in [0.15, 0.2) is 12.2 Å². The summed E-state index contributed by atoms with van der Waals surface area (Å²) in [6.07, 6.45) is 26.8. The highest BCUT2D eigenvalue weighted by molar-refractivity contribution is 9.26. The maximum absolute atomic E-state index is 5.54. The molecular weight excluding hydrogens is 504 g/mol. The number of halogens is 2. The smallest absolute Gasteiger partial charge is 0.0671 e. The van der Waals surface area contributed by atoms with Crippen molar-refractivity contribution in [2.24, 2.45) is 0 Å². The number of hydrogen-bond acceptors (Lipinski definition) is 1. The van der Waals surface area contributed by atoms with Crippen molar-refractivity contribution in [2.75, 3.05) is 13.2 Å². The van der Waals surface area contributed by atoms with Gasteiger partial charge in [-0.25, -0.2) is 0 Å². The van der Waals surface area contributed by atoms with Crippen LogP contribution in [0, 0.1) is 0 Å². The molecule has 1 nitrogen and oxygen atoms in total. The lowest BCUT2D eigenvalue weighted by molar-refractivity contribution is 0.151. The molecule has 0 aliphatic carbocycles. The Kier molecular flexibility index (Phi) is 22.8. The van der Waals surface area contributed by atoms with Gasteiger partial charge in [0.05, 0.1) is 9.46 Å². The molecule has 0 fully saturated rings. The Balaban J connectivity index is 3.04. The summed E-state index contributed by atoms with van der Waals surface area (Å²) in [5.41, 5.74) is 1.13. The minimum absolute atomic E-state index is 0.292. The van der Waals surface area contributed by atoms with E-state index in [0.717, 1.165) is 18.8 Å². The molecule has 174 valence electrons. The highest BCUT2D eigenvalue weighted by Gasteiger charge is 2.13. The second-order valence-corrected chi connectivity index (χ2v) is 18.4. The standard InChI is InChI=1S/C25H50Br2OSi/c1-24(2)23-28-22-20-18-16-14-12-10-8-6-4-3-5-7-9-11-13-15-17-19-21-25(26,27)29/h1,3-23H2,2,29H3. The molecule has 29 heavy (non-hydrogen) atoms. The van der Waals surface area contributed by atoms with Gasteiger partial charge in [0, 0.05) is 16.8 Å². The van der Waals surface area contributed by atoms with Gasteiger partial charge in [-0.1, -0.05) is 153 Å². The molecule has 0 aromatic carbocycles. The van der Waals surface area contributed by atoms with Gasteiger partial charge in [0.15, 0.2) is 0 Å². The Morgan fingerprint density at radius 1 is 0.655 bits per heavy atom. The Morgan fingerprint density at radius 3 is 1.28 bits per heavy atom. The zero-order valence-corrected chi connectivity index (χ0v) is 24.9. The van der Waals surface area contributed by atoms with Gasteiger partial charge in [-0.15, -0.1) is 0 Å². The number of alkyl halides is 2. The van der Waals surface area contributed by atoms with E-state index in [1.165, 1.54) is 132 Å². The highest BCUT2D eigenvalue weighted by Crippen LogP contribution is 2.28. The van der Waals surface area contributed by atoms with E-state index in [0.29, 0.717) is 2.86 Å². The van der Waals surface area contributed by atoms with Crippen LogP contribution in [0.25, 0.3) is 0 Å². The minimum atomic E-state index is 0.292. The first kappa shape index (κ1) is 29.9. The average Bonchev–Trinajstić information content (AvgIpc) is 2.64. The molecule has 0 aromatic heterocycles. The van der Waals surface area contributed by atoms with Gasteiger partial charge in [-0.05, 0) is 19.8 Å². The molecule has 0 aliphatic heterocycles. The van der Waals surface area contributed by atoms with E-state index in [1.54, 1.807) is 0 Å². The summed E-state index contributed by atoms with van der Waals surface area (Å²) in [6, 6.07) is 0. The van der Waals surface area contributed by atoms with E-state index < -0.39 is 0 Å². The maximum Gasteiger partial charge on any atom is 0.0671 e. The number of rotatable bonds is 23. The van der Waals surface area contributed by atoms with Crippen LogP contribution in [0.2, 0.25) is 0 Å². The molecule has 0 saturated carbocycles. The van der Waals surface area contributed by atoms with Gasteiger partial charge >= 0.3 is 0 Å². The summed E-state index contributed by atoms with van der Waals surface area (Å²) >= 11 is 7.42. The van der Waals surface area contributed by atoms with Crippen LogP contribution < -0.4 is 0 Å². The fourth-order valence-electron chi connectivity index (χ4n) is 3.71. The summed E-state index contributed by atoms with van der Waals surface area (Å²) in [5, 5.41) is 0. The lowest BCUT2D eigenvalue weighted by Crippen LogP contribution is -2.09. The summed E-state index contributed by atoms with van der Waals surface area (Å²) in [4.78, 5) is 0. The van der Waals surface area contributed by atoms with E-state index in [4.69, 9.17) is 4.74 Å². The quantitative estimate of drug-likeness (QED) is 0.0531. The van der Waals surface area contributed by atoms with Crippen LogP contribution in [-0.4, -0.2) is 26.3 Å². The number of hydrogen-bond donors (Lipinski definition) is 0. The third-order valence-electron chi connectivity index (χ3n) is 5.50. The van der Waals surface area contributed by atoms with E-state index in [2.05, 4.69) is 38.4 Å². The zero-order valence-electron chi connectivity index (χ0n) is 19.7. The van der Waals surface area contributed by atoms with Crippen LogP contribution in [-0.2, 0) is 4.74 Å². The second-order valence-electron chi connectivity index (χ2n) is 9.19. The third kappa shape index (κ3) is 28.9.